The predicted molar refractivity (Wildman–Crippen MR) is 89.7 cm³/mol. The Bertz CT molecular complexity index is 560. The van der Waals surface area contributed by atoms with Crippen molar-refractivity contribution in [2.45, 2.75) is 38.8 Å². The van der Waals surface area contributed by atoms with E-state index in [1.54, 1.807) is 0 Å². The number of likely N-dealkylation sites (tertiary alicyclic amines) is 1. The molecule has 3 heteroatoms. The Morgan fingerprint density at radius 1 is 1.24 bits per heavy atom. The number of hydrogen-bond acceptors (Lipinski definition) is 2. The van der Waals surface area contributed by atoms with Crippen LogP contribution in [0.15, 0.2) is 36.5 Å². The van der Waals surface area contributed by atoms with Crippen LogP contribution < -0.4 is 5.32 Å². The molecular formula is C18H27N3. The lowest BCUT2D eigenvalue weighted by molar-refractivity contribution is 0.260. The number of nitrogens with zero attached hydrogens (tertiary/aromatic N) is 2. The van der Waals surface area contributed by atoms with Crippen LogP contribution in [0.4, 0.5) is 0 Å². The Balaban J connectivity index is 1.40. The van der Waals surface area contributed by atoms with Gasteiger partial charge in [-0.25, -0.2) is 0 Å². The SMILES string of the molecule is CCN1CCCC1CNCCCn1ccc2ccccc21. The fourth-order valence-electron chi connectivity index (χ4n) is 3.52. The minimum Gasteiger partial charge on any atom is -0.347 e. The van der Waals surface area contributed by atoms with Gasteiger partial charge in [0.1, 0.15) is 0 Å². The fourth-order valence-corrected chi connectivity index (χ4v) is 3.52. The quantitative estimate of drug-likeness (QED) is 0.789. The van der Waals surface area contributed by atoms with Crippen LogP contribution in [0.25, 0.3) is 10.9 Å². The molecule has 3 nitrogen and oxygen atoms in total. The zero-order chi connectivity index (χ0) is 14.5. The Hall–Kier alpha value is -1.32. The Morgan fingerprint density at radius 3 is 3.05 bits per heavy atom. The topological polar surface area (TPSA) is 20.2 Å². The molecule has 21 heavy (non-hydrogen) atoms. The molecule has 0 saturated carbocycles. The second-order valence-corrected chi connectivity index (χ2v) is 6.05. The van der Waals surface area contributed by atoms with Crippen molar-refractivity contribution in [2.75, 3.05) is 26.2 Å². The van der Waals surface area contributed by atoms with Crippen molar-refractivity contribution < 1.29 is 0 Å². The van der Waals surface area contributed by atoms with Gasteiger partial charge in [0, 0.05) is 30.8 Å². The van der Waals surface area contributed by atoms with Gasteiger partial charge in [-0.15, -0.1) is 0 Å². The van der Waals surface area contributed by atoms with E-state index in [1.807, 2.05) is 0 Å². The lowest BCUT2D eigenvalue weighted by atomic mass is 10.2. The summed E-state index contributed by atoms with van der Waals surface area (Å²) in [7, 11) is 0. The van der Waals surface area contributed by atoms with E-state index in [9.17, 15) is 0 Å². The maximum absolute atomic E-state index is 3.65. The van der Waals surface area contributed by atoms with Gasteiger partial charge in [-0.1, -0.05) is 25.1 Å². The largest absolute Gasteiger partial charge is 0.347 e. The summed E-state index contributed by atoms with van der Waals surface area (Å²) in [6.07, 6.45) is 6.14. The average molecular weight is 285 g/mol. The van der Waals surface area contributed by atoms with Crippen LogP contribution in [0.5, 0.6) is 0 Å². The van der Waals surface area contributed by atoms with Crippen molar-refractivity contribution in [3.63, 3.8) is 0 Å². The van der Waals surface area contributed by atoms with E-state index < -0.39 is 0 Å². The van der Waals surface area contributed by atoms with Gasteiger partial charge in [0.2, 0.25) is 0 Å². The normalized spacial score (nSPS) is 19.6. The van der Waals surface area contributed by atoms with Gasteiger partial charge in [0.25, 0.3) is 0 Å². The first kappa shape index (κ1) is 14.6. The van der Waals surface area contributed by atoms with E-state index in [0.29, 0.717) is 0 Å². The molecule has 1 aliphatic rings. The highest BCUT2D eigenvalue weighted by molar-refractivity contribution is 5.79. The van der Waals surface area contributed by atoms with E-state index in [-0.39, 0.29) is 0 Å². The van der Waals surface area contributed by atoms with Gasteiger partial charge >= 0.3 is 0 Å². The molecule has 0 radical (unpaired) electrons. The molecule has 0 bridgehead atoms. The average Bonchev–Trinajstić information content (AvgIpc) is 3.13. The van der Waals surface area contributed by atoms with Gasteiger partial charge < -0.3 is 9.88 Å². The van der Waals surface area contributed by atoms with E-state index >= 15 is 0 Å². The minimum absolute atomic E-state index is 0.766. The van der Waals surface area contributed by atoms with Gasteiger partial charge in [-0.2, -0.15) is 0 Å². The number of aryl methyl sites for hydroxylation is 1. The molecule has 0 spiro atoms. The molecule has 114 valence electrons. The molecular weight excluding hydrogens is 258 g/mol. The summed E-state index contributed by atoms with van der Waals surface area (Å²) in [5.74, 6) is 0. The summed E-state index contributed by atoms with van der Waals surface area (Å²) in [5, 5.41) is 4.99. The Morgan fingerprint density at radius 2 is 2.14 bits per heavy atom. The standard InChI is InChI=1S/C18H27N3/c1-2-20-12-5-8-17(20)15-19-11-6-13-21-14-10-16-7-3-4-9-18(16)21/h3-4,7,9-10,14,17,19H,2,5-6,8,11-13,15H2,1H3. The second kappa shape index (κ2) is 7.10. The minimum atomic E-state index is 0.766. The summed E-state index contributed by atoms with van der Waals surface area (Å²) < 4.78 is 2.37. The number of hydrogen-bond donors (Lipinski definition) is 1. The van der Waals surface area contributed by atoms with Crippen molar-refractivity contribution in [1.82, 2.24) is 14.8 Å². The molecule has 2 aromatic rings. The summed E-state index contributed by atoms with van der Waals surface area (Å²) in [6, 6.07) is 11.6. The third kappa shape index (κ3) is 3.47. The smallest absolute Gasteiger partial charge is 0.0480 e. The van der Waals surface area contributed by atoms with Crippen LogP contribution in [0.2, 0.25) is 0 Å². The molecule has 1 N–H and O–H groups in total. The number of aromatic nitrogens is 1. The monoisotopic (exact) mass is 285 g/mol. The molecule has 1 aromatic heterocycles. The first-order chi connectivity index (χ1) is 10.4. The van der Waals surface area contributed by atoms with Crippen molar-refractivity contribution >= 4 is 10.9 Å². The first-order valence-electron chi connectivity index (χ1n) is 8.37. The van der Waals surface area contributed by atoms with Gasteiger partial charge in [-0.05, 0) is 56.4 Å². The molecule has 0 aliphatic carbocycles. The summed E-state index contributed by atoms with van der Waals surface area (Å²) in [6.45, 7) is 8.12. The van der Waals surface area contributed by atoms with Crippen LogP contribution in [-0.2, 0) is 6.54 Å². The van der Waals surface area contributed by atoms with Crippen LogP contribution in [0.1, 0.15) is 26.2 Å². The number of fused-ring (bicyclic) bond motifs is 1. The highest BCUT2D eigenvalue weighted by atomic mass is 15.2. The van der Waals surface area contributed by atoms with Crippen LogP contribution in [-0.4, -0.2) is 41.7 Å². The molecule has 1 fully saturated rings. The molecule has 1 aromatic carbocycles. The van der Waals surface area contributed by atoms with Gasteiger partial charge in [0.15, 0.2) is 0 Å². The Kier molecular flexibility index (Phi) is 4.94. The Labute approximate surface area is 127 Å². The van der Waals surface area contributed by atoms with Crippen LogP contribution in [0.3, 0.4) is 0 Å². The van der Waals surface area contributed by atoms with E-state index in [2.05, 4.69) is 58.2 Å². The van der Waals surface area contributed by atoms with E-state index in [0.717, 1.165) is 25.7 Å². The van der Waals surface area contributed by atoms with Gasteiger partial charge in [-0.3, -0.25) is 4.90 Å². The fraction of sp³-hybridized carbons (Fsp3) is 0.556. The lowest BCUT2D eigenvalue weighted by Gasteiger charge is -2.23. The van der Waals surface area contributed by atoms with Gasteiger partial charge in [0.05, 0.1) is 0 Å². The highest BCUT2D eigenvalue weighted by Crippen LogP contribution is 2.16. The zero-order valence-electron chi connectivity index (χ0n) is 13.1. The third-order valence-corrected chi connectivity index (χ3v) is 4.72. The van der Waals surface area contributed by atoms with E-state index in [1.165, 1.54) is 43.3 Å². The zero-order valence-corrected chi connectivity index (χ0v) is 13.1. The number of para-hydroxylation sites is 1. The number of benzene rings is 1. The predicted octanol–water partition coefficient (Wildman–Crippen LogP) is 3.11. The molecule has 1 unspecified atom stereocenters. The number of likely N-dealkylation sites (N-methyl/N-ethyl adjacent to an activating group) is 1. The molecule has 1 atom stereocenters. The molecule has 1 aliphatic heterocycles. The van der Waals surface area contributed by atoms with Crippen molar-refractivity contribution in [3.05, 3.63) is 36.5 Å². The van der Waals surface area contributed by atoms with Crippen LogP contribution >= 0.6 is 0 Å². The molecule has 1 saturated heterocycles. The van der Waals surface area contributed by atoms with Crippen molar-refractivity contribution in [2.24, 2.45) is 0 Å². The summed E-state index contributed by atoms with van der Waals surface area (Å²) >= 11 is 0. The van der Waals surface area contributed by atoms with Crippen molar-refractivity contribution in [1.29, 1.82) is 0 Å². The lowest BCUT2D eigenvalue weighted by Crippen LogP contribution is -2.38. The summed E-state index contributed by atoms with van der Waals surface area (Å²) in [5.41, 5.74) is 1.35. The maximum atomic E-state index is 3.65. The molecule has 2 heterocycles. The molecule has 3 rings (SSSR count). The van der Waals surface area contributed by atoms with E-state index in [4.69, 9.17) is 0 Å². The first-order valence-corrected chi connectivity index (χ1v) is 8.37. The summed E-state index contributed by atoms with van der Waals surface area (Å²) in [4.78, 5) is 2.60. The third-order valence-electron chi connectivity index (χ3n) is 4.72. The second-order valence-electron chi connectivity index (χ2n) is 6.05. The highest BCUT2D eigenvalue weighted by Gasteiger charge is 2.21. The molecule has 0 amide bonds. The number of rotatable bonds is 7. The van der Waals surface area contributed by atoms with Crippen LogP contribution in [0, 0.1) is 0 Å². The number of nitrogens with one attached hydrogen (secondary N) is 1. The van der Waals surface area contributed by atoms with Crippen molar-refractivity contribution in [3.8, 4) is 0 Å². The maximum Gasteiger partial charge on any atom is 0.0480 e.